The zero-order chi connectivity index (χ0) is 14.9. The van der Waals surface area contributed by atoms with Crippen LogP contribution in [0.25, 0.3) is 0 Å². The molecule has 0 aromatic heterocycles. The number of carbonyl (C=O) groups is 1. The molecule has 0 saturated heterocycles. The molecule has 2 rings (SSSR count). The van der Waals surface area contributed by atoms with E-state index in [0.29, 0.717) is 5.56 Å². The van der Waals surface area contributed by atoms with E-state index in [-0.39, 0.29) is 17.0 Å². The summed E-state index contributed by atoms with van der Waals surface area (Å²) < 4.78 is 13.6. The van der Waals surface area contributed by atoms with Crippen LogP contribution in [0.2, 0.25) is 0 Å². The number of nitrogens with two attached hydrogens (primary N) is 1. The van der Waals surface area contributed by atoms with Gasteiger partial charge in [0.15, 0.2) is 0 Å². The molecule has 0 aliphatic heterocycles. The van der Waals surface area contributed by atoms with Gasteiger partial charge in [0.05, 0.1) is 11.6 Å². The Kier molecular flexibility index (Phi) is 4.02. The average molecular weight is 279 g/mol. The summed E-state index contributed by atoms with van der Waals surface area (Å²) in [7, 11) is 0. The van der Waals surface area contributed by atoms with Gasteiger partial charge in [0, 0.05) is 0 Å². The maximum Gasteiger partial charge on any atom is 0.311 e. The Morgan fingerprint density at radius 1 is 1.45 bits per heavy atom. The van der Waals surface area contributed by atoms with Crippen molar-refractivity contribution in [2.75, 3.05) is 5.73 Å². The van der Waals surface area contributed by atoms with Crippen molar-refractivity contribution in [1.29, 1.82) is 0 Å². The number of anilines is 1. The summed E-state index contributed by atoms with van der Waals surface area (Å²) in [5.41, 5.74) is 6.10. The average Bonchev–Trinajstić information content (AvgIpc) is 2.36. The lowest BCUT2D eigenvalue weighted by molar-refractivity contribution is -0.142. The third-order valence-electron chi connectivity index (χ3n) is 4.68. The summed E-state index contributed by atoms with van der Waals surface area (Å²) in [6.07, 6.45) is 3.98. The Hall–Kier alpha value is -1.58. The van der Waals surface area contributed by atoms with Crippen LogP contribution in [0.1, 0.15) is 51.0 Å². The van der Waals surface area contributed by atoms with Crippen LogP contribution in [0.15, 0.2) is 18.2 Å². The molecule has 1 aromatic carbocycles. The zero-order valence-electron chi connectivity index (χ0n) is 12.0. The number of benzene rings is 1. The number of carboxylic acid groups (broad SMARTS) is 1. The molecule has 0 radical (unpaired) electrons. The molecule has 2 atom stereocenters. The second-order valence-corrected chi connectivity index (χ2v) is 6.40. The highest BCUT2D eigenvalue weighted by molar-refractivity contribution is 5.79. The number of halogens is 1. The maximum absolute atomic E-state index is 13.6. The summed E-state index contributed by atoms with van der Waals surface area (Å²) >= 11 is 0. The van der Waals surface area contributed by atoms with E-state index in [0.717, 1.165) is 25.7 Å². The van der Waals surface area contributed by atoms with Crippen LogP contribution >= 0.6 is 0 Å². The van der Waals surface area contributed by atoms with Crippen LogP contribution in [0.5, 0.6) is 0 Å². The topological polar surface area (TPSA) is 63.3 Å². The molecule has 1 aromatic rings. The first-order valence-electron chi connectivity index (χ1n) is 7.11. The number of para-hydroxylation sites is 1. The summed E-state index contributed by atoms with van der Waals surface area (Å²) in [4.78, 5) is 11.8. The highest BCUT2D eigenvalue weighted by Gasteiger charge is 2.42. The van der Waals surface area contributed by atoms with Gasteiger partial charge in [-0.1, -0.05) is 38.8 Å². The molecule has 1 saturated carbocycles. The van der Waals surface area contributed by atoms with E-state index in [1.165, 1.54) is 12.1 Å². The van der Waals surface area contributed by atoms with Crippen molar-refractivity contribution in [3.05, 3.63) is 29.6 Å². The largest absolute Gasteiger partial charge is 0.481 e. The first kappa shape index (κ1) is 14.8. The van der Waals surface area contributed by atoms with E-state index in [2.05, 4.69) is 13.8 Å². The summed E-state index contributed by atoms with van der Waals surface area (Å²) in [5, 5.41) is 9.65. The number of nitrogen functional groups attached to an aromatic ring is 1. The molecule has 0 amide bonds. The molecule has 0 heterocycles. The van der Waals surface area contributed by atoms with Gasteiger partial charge < -0.3 is 10.8 Å². The molecule has 4 heteroatoms. The van der Waals surface area contributed by atoms with Crippen molar-refractivity contribution >= 4 is 11.7 Å². The Morgan fingerprint density at radius 2 is 2.15 bits per heavy atom. The van der Waals surface area contributed by atoms with Crippen molar-refractivity contribution < 1.29 is 14.3 Å². The highest BCUT2D eigenvalue weighted by Crippen LogP contribution is 2.48. The maximum atomic E-state index is 13.6. The fourth-order valence-corrected chi connectivity index (χ4v) is 3.49. The number of carboxylic acids is 1. The number of aliphatic carboxylic acids is 1. The summed E-state index contributed by atoms with van der Waals surface area (Å²) in [5.74, 6) is -2.21. The van der Waals surface area contributed by atoms with Crippen LogP contribution < -0.4 is 5.73 Å². The summed E-state index contributed by atoms with van der Waals surface area (Å²) in [6.45, 7) is 4.20. The van der Waals surface area contributed by atoms with Crippen molar-refractivity contribution in [3.8, 4) is 0 Å². The molecule has 1 fully saturated rings. The SMILES string of the molecule is CC1(C)CCCCC1C(C(=O)O)c1cccc(F)c1N. The van der Waals surface area contributed by atoms with E-state index in [1.807, 2.05) is 0 Å². The lowest BCUT2D eigenvalue weighted by atomic mass is 9.62. The van der Waals surface area contributed by atoms with Crippen molar-refractivity contribution in [2.24, 2.45) is 11.3 Å². The quantitative estimate of drug-likeness (QED) is 0.827. The fourth-order valence-electron chi connectivity index (χ4n) is 3.49. The third-order valence-corrected chi connectivity index (χ3v) is 4.68. The van der Waals surface area contributed by atoms with Gasteiger partial charge in [-0.25, -0.2) is 4.39 Å². The van der Waals surface area contributed by atoms with Crippen LogP contribution in [0.3, 0.4) is 0 Å². The van der Waals surface area contributed by atoms with E-state index >= 15 is 0 Å². The monoisotopic (exact) mass is 279 g/mol. The van der Waals surface area contributed by atoms with Gasteiger partial charge >= 0.3 is 5.97 Å². The minimum atomic E-state index is -0.915. The zero-order valence-corrected chi connectivity index (χ0v) is 12.0. The van der Waals surface area contributed by atoms with Crippen molar-refractivity contribution in [1.82, 2.24) is 0 Å². The molecule has 3 nitrogen and oxygen atoms in total. The van der Waals surface area contributed by atoms with Crippen LogP contribution in [0, 0.1) is 17.2 Å². The van der Waals surface area contributed by atoms with E-state index in [1.54, 1.807) is 6.07 Å². The molecule has 3 N–H and O–H groups in total. The standard InChI is InChI=1S/C16H22FNO2/c1-16(2)9-4-3-7-11(16)13(15(19)20)10-6-5-8-12(17)14(10)18/h5-6,8,11,13H,3-4,7,9,18H2,1-2H3,(H,19,20). The fraction of sp³-hybridized carbons (Fsp3) is 0.562. The molecular formula is C16H22FNO2. The number of hydrogen-bond acceptors (Lipinski definition) is 2. The predicted molar refractivity (Wildman–Crippen MR) is 76.9 cm³/mol. The second-order valence-electron chi connectivity index (χ2n) is 6.40. The normalized spacial score (nSPS) is 23.2. The smallest absolute Gasteiger partial charge is 0.311 e. The van der Waals surface area contributed by atoms with Gasteiger partial charge in [-0.15, -0.1) is 0 Å². The molecular weight excluding hydrogens is 257 g/mol. The van der Waals surface area contributed by atoms with Gasteiger partial charge in [-0.3, -0.25) is 4.79 Å². The van der Waals surface area contributed by atoms with Gasteiger partial charge in [-0.05, 0) is 35.8 Å². The first-order chi connectivity index (χ1) is 9.34. The molecule has 110 valence electrons. The number of rotatable bonds is 3. The van der Waals surface area contributed by atoms with Gasteiger partial charge in [0.1, 0.15) is 5.82 Å². The Balaban J connectivity index is 2.46. The molecule has 1 aliphatic carbocycles. The molecule has 1 aliphatic rings. The first-order valence-corrected chi connectivity index (χ1v) is 7.11. The Bertz CT molecular complexity index is 513. The molecule has 0 spiro atoms. The Labute approximate surface area is 119 Å². The number of hydrogen-bond donors (Lipinski definition) is 2. The molecule has 0 bridgehead atoms. The lowest BCUT2D eigenvalue weighted by Gasteiger charge is -2.42. The highest BCUT2D eigenvalue weighted by atomic mass is 19.1. The summed E-state index contributed by atoms with van der Waals surface area (Å²) in [6, 6.07) is 4.44. The molecule has 20 heavy (non-hydrogen) atoms. The third kappa shape index (κ3) is 2.65. The van der Waals surface area contributed by atoms with Crippen LogP contribution in [0.4, 0.5) is 10.1 Å². The lowest BCUT2D eigenvalue weighted by Crippen LogP contribution is -2.36. The minimum absolute atomic E-state index is 0.0159. The van der Waals surface area contributed by atoms with Crippen LogP contribution in [-0.4, -0.2) is 11.1 Å². The van der Waals surface area contributed by atoms with Crippen molar-refractivity contribution in [3.63, 3.8) is 0 Å². The second kappa shape index (κ2) is 5.43. The van der Waals surface area contributed by atoms with E-state index in [4.69, 9.17) is 5.73 Å². The minimum Gasteiger partial charge on any atom is -0.481 e. The van der Waals surface area contributed by atoms with Crippen molar-refractivity contribution in [2.45, 2.75) is 45.4 Å². The predicted octanol–water partition coefficient (Wildman–Crippen LogP) is 3.79. The van der Waals surface area contributed by atoms with E-state index < -0.39 is 17.7 Å². The van der Waals surface area contributed by atoms with E-state index in [9.17, 15) is 14.3 Å². The van der Waals surface area contributed by atoms with Gasteiger partial charge in [0.2, 0.25) is 0 Å². The van der Waals surface area contributed by atoms with Gasteiger partial charge in [0.25, 0.3) is 0 Å². The van der Waals surface area contributed by atoms with Gasteiger partial charge in [-0.2, -0.15) is 0 Å². The Morgan fingerprint density at radius 3 is 2.75 bits per heavy atom. The molecule has 2 unspecified atom stereocenters. The van der Waals surface area contributed by atoms with Crippen LogP contribution in [-0.2, 0) is 4.79 Å².